The maximum atomic E-state index is 9.00. The van der Waals surface area contributed by atoms with Crippen molar-refractivity contribution in [2.24, 2.45) is 0 Å². The molecule has 12 heavy (non-hydrogen) atoms. The van der Waals surface area contributed by atoms with Gasteiger partial charge in [-0.25, -0.2) is 0 Å². The van der Waals surface area contributed by atoms with E-state index in [2.05, 4.69) is 10.6 Å². The van der Waals surface area contributed by atoms with Crippen LogP contribution in [0.15, 0.2) is 18.2 Å². The fourth-order valence-corrected chi connectivity index (χ4v) is 1.12. The predicted octanol–water partition coefficient (Wildman–Crippen LogP) is 1.26. The van der Waals surface area contributed by atoms with E-state index in [0.29, 0.717) is 0 Å². The highest BCUT2D eigenvalue weighted by molar-refractivity contribution is 5.58. The Labute approximate surface area is 72.4 Å². The van der Waals surface area contributed by atoms with Gasteiger partial charge in [0.25, 0.3) is 0 Å². The molecular weight excluding hydrogens is 152 g/mol. The fraction of sp³-hybridized carbons (Fsp3) is 0.333. The van der Waals surface area contributed by atoms with Gasteiger partial charge < -0.3 is 15.7 Å². The van der Waals surface area contributed by atoms with Gasteiger partial charge in [-0.3, -0.25) is 0 Å². The van der Waals surface area contributed by atoms with Crippen molar-refractivity contribution in [2.75, 3.05) is 24.7 Å². The Morgan fingerprint density at radius 1 is 1.25 bits per heavy atom. The smallest absolute Gasteiger partial charge is 0.0702 e. The molecular formula is C9H14N2O. The molecule has 3 nitrogen and oxygen atoms in total. The van der Waals surface area contributed by atoms with Gasteiger partial charge in [0.05, 0.1) is 6.61 Å². The topological polar surface area (TPSA) is 44.3 Å². The molecule has 0 unspecified atom stereocenters. The Hall–Kier alpha value is -1.22. The highest BCUT2D eigenvalue weighted by Gasteiger charge is 1.99. The van der Waals surface area contributed by atoms with Crippen molar-refractivity contribution in [3.8, 4) is 0 Å². The van der Waals surface area contributed by atoms with Gasteiger partial charge in [0.2, 0.25) is 0 Å². The van der Waals surface area contributed by atoms with Gasteiger partial charge in [0.15, 0.2) is 0 Å². The number of hydrogen-bond acceptors (Lipinski definition) is 3. The lowest BCUT2D eigenvalue weighted by molar-refractivity contribution is 0.282. The molecule has 0 aliphatic rings. The lowest BCUT2D eigenvalue weighted by atomic mass is 10.1. The standard InChI is InChI=1S/C9H14N2O/c1-10-8-3-4-9(11-2)7(5-8)6-12/h3-5,10-12H,6H2,1-2H3. The minimum Gasteiger partial charge on any atom is -0.392 e. The van der Waals surface area contributed by atoms with Crippen LogP contribution in [0.2, 0.25) is 0 Å². The zero-order valence-electron chi connectivity index (χ0n) is 7.39. The van der Waals surface area contributed by atoms with Crippen molar-refractivity contribution in [3.05, 3.63) is 23.8 Å². The zero-order valence-corrected chi connectivity index (χ0v) is 7.39. The summed E-state index contributed by atoms with van der Waals surface area (Å²) in [6, 6.07) is 5.83. The van der Waals surface area contributed by atoms with Gasteiger partial charge >= 0.3 is 0 Å². The second kappa shape index (κ2) is 3.97. The number of nitrogens with one attached hydrogen (secondary N) is 2. The van der Waals surface area contributed by atoms with Crippen molar-refractivity contribution in [2.45, 2.75) is 6.61 Å². The maximum Gasteiger partial charge on any atom is 0.0702 e. The molecule has 0 saturated carbocycles. The molecule has 0 aliphatic heterocycles. The minimum absolute atomic E-state index is 0.0612. The quantitative estimate of drug-likeness (QED) is 0.633. The molecule has 0 fully saturated rings. The molecule has 0 spiro atoms. The van der Waals surface area contributed by atoms with Crippen LogP contribution in [0, 0.1) is 0 Å². The fourth-order valence-electron chi connectivity index (χ4n) is 1.12. The summed E-state index contributed by atoms with van der Waals surface area (Å²) in [6.45, 7) is 0.0612. The lowest BCUT2D eigenvalue weighted by Gasteiger charge is -2.08. The van der Waals surface area contributed by atoms with Gasteiger partial charge in [0.1, 0.15) is 0 Å². The normalized spacial score (nSPS) is 9.58. The van der Waals surface area contributed by atoms with Crippen molar-refractivity contribution in [3.63, 3.8) is 0 Å². The van der Waals surface area contributed by atoms with E-state index >= 15 is 0 Å². The summed E-state index contributed by atoms with van der Waals surface area (Å²) >= 11 is 0. The van der Waals surface area contributed by atoms with E-state index in [0.717, 1.165) is 16.9 Å². The highest BCUT2D eigenvalue weighted by atomic mass is 16.3. The molecule has 3 heteroatoms. The van der Waals surface area contributed by atoms with Crippen LogP contribution in [-0.4, -0.2) is 19.2 Å². The van der Waals surface area contributed by atoms with Crippen LogP contribution < -0.4 is 10.6 Å². The maximum absolute atomic E-state index is 9.00. The molecule has 0 saturated heterocycles. The largest absolute Gasteiger partial charge is 0.392 e. The molecule has 0 radical (unpaired) electrons. The van der Waals surface area contributed by atoms with E-state index in [9.17, 15) is 0 Å². The first-order chi connectivity index (χ1) is 5.81. The van der Waals surface area contributed by atoms with Crippen LogP contribution in [0.5, 0.6) is 0 Å². The molecule has 0 aliphatic carbocycles. The van der Waals surface area contributed by atoms with Gasteiger partial charge in [-0.1, -0.05) is 0 Å². The van der Waals surface area contributed by atoms with E-state index in [4.69, 9.17) is 5.11 Å². The highest BCUT2D eigenvalue weighted by Crippen LogP contribution is 2.19. The first kappa shape index (κ1) is 8.87. The summed E-state index contributed by atoms with van der Waals surface area (Å²) in [7, 11) is 3.70. The Kier molecular flexibility index (Phi) is 2.94. The summed E-state index contributed by atoms with van der Waals surface area (Å²) < 4.78 is 0. The zero-order chi connectivity index (χ0) is 8.97. The minimum atomic E-state index is 0.0612. The SMILES string of the molecule is CNc1ccc(NC)c(CO)c1. The summed E-state index contributed by atoms with van der Waals surface area (Å²) in [5.41, 5.74) is 2.89. The van der Waals surface area contributed by atoms with E-state index in [-0.39, 0.29) is 6.61 Å². The number of rotatable bonds is 3. The number of aliphatic hydroxyl groups is 1. The van der Waals surface area contributed by atoms with Crippen molar-refractivity contribution >= 4 is 11.4 Å². The molecule has 0 heterocycles. The Balaban J connectivity index is 3.02. The lowest BCUT2D eigenvalue weighted by Crippen LogP contribution is -1.97. The summed E-state index contributed by atoms with van der Waals surface area (Å²) in [4.78, 5) is 0. The molecule has 1 rings (SSSR count). The van der Waals surface area contributed by atoms with Gasteiger partial charge in [0, 0.05) is 31.0 Å². The number of aliphatic hydroxyl groups excluding tert-OH is 1. The molecule has 0 bridgehead atoms. The Bertz CT molecular complexity index is 261. The van der Waals surface area contributed by atoms with E-state index in [1.54, 1.807) is 0 Å². The number of anilines is 2. The number of hydrogen-bond donors (Lipinski definition) is 3. The molecule has 3 N–H and O–H groups in total. The van der Waals surface area contributed by atoms with Crippen LogP contribution in [-0.2, 0) is 6.61 Å². The van der Waals surface area contributed by atoms with Gasteiger partial charge in [-0.05, 0) is 18.2 Å². The van der Waals surface area contributed by atoms with Crippen LogP contribution in [0.25, 0.3) is 0 Å². The Morgan fingerprint density at radius 3 is 2.50 bits per heavy atom. The average molecular weight is 166 g/mol. The summed E-state index contributed by atoms with van der Waals surface area (Å²) in [5, 5.41) is 15.0. The third-order valence-electron chi connectivity index (χ3n) is 1.83. The molecule has 66 valence electrons. The first-order valence-corrected chi connectivity index (χ1v) is 3.91. The summed E-state index contributed by atoms with van der Waals surface area (Å²) in [6.07, 6.45) is 0. The monoisotopic (exact) mass is 166 g/mol. The van der Waals surface area contributed by atoms with Crippen molar-refractivity contribution in [1.29, 1.82) is 0 Å². The molecule has 1 aromatic carbocycles. The molecule has 0 amide bonds. The first-order valence-electron chi connectivity index (χ1n) is 3.91. The third-order valence-corrected chi connectivity index (χ3v) is 1.83. The van der Waals surface area contributed by atoms with E-state index in [1.807, 2.05) is 32.3 Å². The van der Waals surface area contributed by atoms with Gasteiger partial charge in [-0.2, -0.15) is 0 Å². The van der Waals surface area contributed by atoms with E-state index < -0.39 is 0 Å². The average Bonchev–Trinajstić information content (AvgIpc) is 2.16. The van der Waals surface area contributed by atoms with Crippen molar-refractivity contribution in [1.82, 2.24) is 0 Å². The van der Waals surface area contributed by atoms with Crippen LogP contribution in [0.4, 0.5) is 11.4 Å². The Morgan fingerprint density at radius 2 is 2.00 bits per heavy atom. The number of benzene rings is 1. The second-order valence-corrected chi connectivity index (χ2v) is 2.53. The van der Waals surface area contributed by atoms with Crippen LogP contribution in [0.3, 0.4) is 0 Å². The molecule has 0 atom stereocenters. The van der Waals surface area contributed by atoms with Crippen LogP contribution in [0.1, 0.15) is 5.56 Å². The second-order valence-electron chi connectivity index (χ2n) is 2.53. The van der Waals surface area contributed by atoms with E-state index in [1.165, 1.54) is 0 Å². The molecule has 0 aromatic heterocycles. The van der Waals surface area contributed by atoms with Gasteiger partial charge in [-0.15, -0.1) is 0 Å². The molecule has 1 aromatic rings. The van der Waals surface area contributed by atoms with Crippen molar-refractivity contribution < 1.29 is 5.11 Å². The third kappa shape index (κ3) is 1.68. The van der Waals surface area contributed by atoms with Crippen LogP contribution >= 0.6 is 0 Å². The predicted molar refractivity (Wildman–Crippen MR) is 51.5 cm³/mol. The summed E-state index contributed by atoms with van der Waals surface area (Å²) in [5.74, 6) is 0.